The van der Waals surface area contributed by atoms with Gasteiger partial charge in [-0.25, -0.2) is 4.98 Å². The van der Waals surface area contributed by atoms with Crippen molar-refractivity contribution in [3.8, 4) is 0 Å². The number of nitrogens with zero attached hydrogens (tertiary/aromatic N) is 1. The number of nitrogens with one attached hydrogen (secondary N) is 2. The van der Waals surface area contributed by atoms with Crippen LogP contribution in [0.4, 0.5) is 11.5 Å². The van der Waals surface area contributed by atoms with E-state index in [1.54, 1.807) is 6.20 Å². The van der Waals surface area contributed by atoms with Crippen molar-refractivity contribution in [2.45, 2.75) is 31.1 Å². The summed E-state index contributed by atoms with van der Waals surface area (Å²) < 4.78 is 0. The number of carbonyl (C=O) groups is 1. The standard InChI is InChI=1S/C17H16N3O.Rb/c18-13-4-3-11-9-17(10-12(11)8-13)6-5-15(21)20-16-14(17)2-1-7-19-16;/h1-4,7-8,18H,5-6,9-10H2,(H,19,20,21);/q-1;+1. The smallest absolute Gasteiger partial charge is 0.699 e. The van der Waals surface area contributed by atoms with Crippen LogP contribution in [0.3, 0.4) is 0 Å². The Balaban J connectivity index is 0.00000144. The van der Waals surface area contributed by atoms with Gasteiger partial charge in [0.25, 0.3) is 0 Å². The van der Waals surface area contributed by atoms with Gasteiger partial charge in [0.15, 0.2) is 0 Å². The van der Waals surface area contributed by atoms with Crippen LogP contribution in [0.15, 0.2) is 36.5 Å². The van der Waals surface area contributed by atoms with Crippen molar-refractivity contribution in [1.82, 2.24) is 4.98 Å². The molecule has 1 atom stereocenters. The zero-order chi connectivity index (χ0) is 14.4. The zero-order valence-corrected chi connectivity index (χ0v) is 17.6. The van der Waals surface area contributed by atoms with Gasteiger partial charge in [0, 0.05) is 23.6 Å². The molecule has 1 aromatic heterocycles. The maximum Gasteiger partial charge on any atom is 1.00 e. The summed E-state index contributed by atoms with van der Waals surface area (Å²) in [5.74, 6) is 0.753. The molecule has 2 N–H and O–H groups in total. The predicted molar refractivity (Wildman–Crippen MR) is 81.6 cm³/mol. The topological polar surface area (TPSA) is 65.8 Å². The van der Waals surface area contributed by atoms with E-state index in [9.17, 15) is 4.79 Å². The van der Waals surface area contributed by atoms with Crippen LogP contribution in [0, 0.1) is 0 Å². The van der Waals surface area contributed by atoms with Crippen molar-refractivity contribution in [3.63, 3.8) is 0 Å². The summed E-state index contributed by atoms with van der Waals surface area (Å²) in [6, 6.07) is 9.89. The first-order valence-electron chi connectivity index (χ1n) is 7.25. The molecule has 0 saturated carbocycles. The van der Waals surface area contributed by atoms with Crippen LogP contribution in [-0.4, -0.2) is 10.9 Å². The molecule has 1 aliphatic heterocycles. The number of benzene rings is 1. The summed E-state index contributed by atoms with van der Waals surface area (Å²) in [6.45, 7) is 0. The molecule has 4 nitrogen and oxygen atoms in total. The summed E-state index contributed by atoms with van der Waals surface area (Å²) in [5.41, 5.74) is 12.0. The van der Waals surface area contributed by atoms with Crippen LogP contribution in [-0.2, 0) is 23.1 Å². The molecule has 4 rings (SSSR count). The summed E-state index contributed by atoms with van der Waals surface area (Å²) in [5, 5.41) is 2.92. The first-order chi connectivity index (χ1) is 10.2. The van der Waals surface area contributed by atoms with Crippen LogP contribution in [0.1, 0.15) is 29.5 Å². The number of fused-ring (bicyclic) bond motifs is 3. The number of hydrogen-bond donors (Lipinski definition) is 1. The van der Waals surface area contributed by atoms with Gasteiger partial charge in [0.1, 0.15) is 5.82 Å². The molecule has 2 aliphatic rings. The number of rotatable bonds is 0. The third-order valence-electron chi connectivity index (χ3n) is 4.73. The van der Waals surface area contributed by atoms with Gasteiger partial charge < -0.3 is 11.1 Å². The maximum atomic E-state index is 11.9. The van der Waals surface area contributed by atoms with E-state index in [0.717, 1.165) is 24.8 Å². The van der Waals surface area contributed by atoms with Crippen LogP contribution >= 0.6 is 0 Å². The molecular formula is C17H16N3ORb. The summed E-state index contributed by atoms with van der Waals surface area (Å²) >= 11 is 0. The molecule has 2 heterocycles. The van der Waals surface area contributed by atoms with Gasteiger partial charge in [0.2, 0.25) is 5.91 Å². The molecule has 5 heteroatoms. The second-order valence-electron chi connectivity index (χ2n) is 6.07. The van der Waals surface area contributed by atoms with Gasteiger partial charge >= 0.3 is 58.2 Å². The van der Waals surface area contributed by atoms with Crippen molar-refractivity contribution >= 4 is 17.4 Å². The Morgan fingerprint density at radius 3 is 2.86 bits per heavy atom. The molecular weight excluding hydrogens is 348 g/mol. The van der Waals surface area contributed by atoms with Crippen molar-refractivity contribution in [2.24, 2.45) is 0 Å². The van der Waals surface area contributed by atoms with E-state index in [2.05, 4.69) is 22.4 Å². The number of hydrogen-bond acceptors (Lipinski definition) is 2. The molecule has 106 valence electrons. The van der Waals surface area contributed by atoms with E-state index in [-0.39, 0.29) is 69.5 Å². The van der Waals surface area contributed by atoms with Gasteiger partial charge in [-0.3, -0.25) is 4.79 Å². The minimum Gasteiger partial charge on any atom is -0.699 e. The quantitative estimate of drug-likeness (QED) is 0.742. The average Bonchev–Trinajstić information content (AvgIpc) is 2.78. The molecule has 1 aromatic carbocycles. The monoisotopic (exact) mass is 363 g/mol. The number of aromatic nitrogens is 1. The van der Waals surface area contributed by atoms with E-state index in [4.69, 9.17) is 5.73 Å². The van der Waals surface area contributed by atoms with Crippen LogP contribution in [0.25, 0.3) is 5.73 Å². The molecule has 1 aliphatic carbocycles. The average molecular weight is 364 g/mol. The third kappa shape index (κ3) is 2.71. The number of amides is 1. The predicted octanol–water partition coefficient (Wildman–Crippen LogP) is 0.538. The SMILES string of the molecule is [NH-]c1ccc2c(c1)CC1(CCC(=O)Nc3ncccc31)C2.[Rb+]. The Bertz CT molecular complexity index is 746. The van der Waals surface area contributed by atoms with Crippen molar-refractivity contribution in [2.75, 3.05) is 5.32 Å². The van der Waals surface area contributed by atoms with E-state index in [0.29, 0.717) is 17.9 Å². The van der Waals surface area contributed by atoms with Gasteiger partial charge in [-0.1, -0.05) is 24.3 Å². The van der Waals surface area contributed by atoms with Gasteiger partial charge in [-0.15, -0.1) is 5.69 Å². The Hall–Kier alpha value is -0.555. The summed E-state index contributed by atoms with van der Waals surface area (Å²) in [6.07, 6.45) is 4.90. The Morgan fingerprint density at radius 1 is 1.18 bits per heavy atom. The molecule has 22 heavy (non-hydrogen) atoms. The molecule has 1 spiro atoms. The molecule has 2 aromatic rings. The third-order valence-corrected chi connectivity index (χ3v) is 4.73. The van der Waals surface area contributed by atoms with E-state index in [1.165, 1.54) is 11.1 Å². The maximum absolute atomic E-state index is 11.9. The minimum atomic E-state index is -0.0567. The van der Waals surface area contributed by atoms with Crippen molar-refractivity contribution in [1.29, 1.82) is 0 Å². The Morgan fingerprint density at radius 2 is 2.00 bits per heavy atom. The van der Waals surface area contributed by atoms with E-state index in [1.807, 2.05) is 18.2 Å². The van der Waals surface area contributed by atoms with E-state index < -0.39 is 0 Å². The fourth-order valence-electron chi connectivity index (χ4n) is 3.74. The van der Waals surface area contributed by atoms with Crippen LogP contribution < -0.4 is 63.5 Å². The molecule has 0 radical (unpaired) electrons. The van der Waals surface area contributed by atoms with Gasteiger partial charge in [-0.05, 0) is 36.5 Å². The number of carbonyl (C=O) groups excluding carboxylic acids is 1. The Labute approximate surface area is 178 Å². The molecule has 1 amide bonds. The van der Waals surface area contributed by atoms with Crippen LogP contribution in [0.2, 0.25) is 0 Å². The van der Waals surface area contributed by atoms with Crippen LogP contribution in [0.5, 0.6) is 0 Å². The summed E-state index contributed by atoms with van der Waals surface area (Å²) in [7, 11) is 0. The number of anilines is 1. The molecule has 1 unspecified atom stereocenters. The van der Waals surface area contributed by atoms with E-state index >= 15 is 0 Å². The normalized spacial score (nSPS) is 22.3. The molecule has 0 fully saturated rings. The first-order valence-corrected chi connectivity index (χ1v) is 7.25. The largest absolute Gasteiger partial charge is 1.00 e. The second-order valence-corrected chi connectivity index (χ2v) is 6.07. The van der Waals surface area contributed by atoms with Gasteiger partial charge in [-0.2, -0.15) is 0 Å². The van der Waals surface area contributed by atoms with Gasteiger partial charge in [0.05, 0.1) is 0 Å². The minimum absolute atomic E-state index is 0. The zero-order valence-electron chi connectivity index (χ0n) is 12.6. The molecule has 0 saturated heterocycles. The Kier molecular flexibility index (Phi) is 4.56. The first kappa shape index (κ1) is 16.3. The van der Waals surface area contributed by atoms with Crippen molar-refractivity contribution in [3.05, 3.63) is 59.0 Å². The fraction of sp³-hybridized carbons (Fsp3) is 0.294. The van der Waals surface area contributed by atoms with Crippen molar-refractivity contribution < 1.29 is 63.0 Å². The fourth-order valence-corrected chi connectivity index (χ4v) is 3.74. The summed E-state index contributed by atoms with van der Waals surface area (Å²) in [4.78, 5) is 16.3. The number of pyridine rings is 1. The second kappa shape index (κ2) is 6.15. The molecule has 0 bridgehead atoms.